The summed E-state index contributed by atoms with van der Waals surface area (Å²) in [7, 11) is 0. The van der Waals surface area contributed by atoms with Gasteiger partial charge in [0, 0.05) is 25.4 Å². The van der Waals surface area contributed by atoms with Gasteiger partial charge in [-0.1, -0.05) is 6.07 Å². The Labute approximate surface area is 149 Å². The Bertz CT molecular complexity index is 920. The highest BCUT2D eigenvalue weighted by molar-refractivity contribution is 5.92. The highest BCUT2D eigenvalue weighted by Gasteiger charge is 2.33. The Hall–Kier alpha value is -3.23. The predicted molar refractivity (Wildman–Crippen MR) is 89.3 cm³/mol. The monoisotopic (exact) mass is 354 g/mol. The van der Waals surface area contributed by atoms with Gasteiger partial charge in [0.25, 0.3) is 5.91 Å². The van der Waals surface area contributed by atoms with Crippen LogP contribution < -0.4 is 4.74 Å². The molecule has 4 rings (SSSR count). The second-order valence-electron chi connectivity index (χ2n) is 6.02. The van der Waals surface area contributed by atoms with Crippen LogP contribution in [0.4, 0.5) is 0 Å². The largest absolute Gasteiger partial charge is 0.469 e. The summed E-state index contributed by atoms with van der Waals surface area (Å²) in [4.78, 5) is 22.6. The molecule has 9 nitrogen and oxygen atoms in total. The molecule has 4 heterocycles. The minimum Gasteiger partial charge on any atom is -0.469 e. The van der Waals surface area contributed by atoms with Crippen molar-refractivity contribution in [3.63, 3.8) is 0 Å². The zero-order chi connectivity index (χ0) is 18.1. The number of rotatable bonds is 4. The van der Waals surface area contributed by atoms with Crippen molar-refractivity contribution in [1.82, 2.24) is 29.6 Å². The van der Waals surface area contributed by atoms with Gasteiger partial charge in [0.15, 0.2) is 18.0 Å². The van der Waals surface area contributed by atoms with Crippen molar-refractivity contribution in [2.75, 3.05) is 6.54 Å². The molecule has 0 fully saturated rings. The molecular formula is C17H18N6O3. The number of amides is 1. The number of fused-ring (bicyclic) bond motifs is 1. The van der Waals surface area contributed by atoms with E-state index in [1.807, 2.05) is 23.6 Å². The first kappa shape index (κ1) is 16.2. The van der Waals surface area contributed by atoms with Gasteiger partial charge < -0.3 is 18.6 Å². The third kappa shape index (κ3) is 2.81. The molecule has 0 radical (unpaired) electrons. The molecule has 0 saturated heterocycles. The SMILES string of the molecule is Cc1ncoc1C(=O)N1CCn2c(COc3ccccn3)nnc2C1C. The standard InChI is InChI=1S/C17H18N6O3/c1-11-15(26-10-19-11)17(24)22-7-8-23-13(20-21-16(23)12(22)2)9-25-14-5-3-4-6-18-14/h3-6,10,12H,7-9H2,1-2H3. The number of carbonyl (C=O) groups excluding carboxylic acids is 1. The Kier molecular flexibility index (Phi) is 4.11. The molecule has 1 amide bonds. The summed E-state index contributed by atoms with van der Waals surface area (Å²) in [6.07, 6.45) is 2.96. The van der Waals surface area contributed by atoms with Crippen molar-refractivity contribution in [3.8, 4) is 5.88 Å². The van der Waals surface area contributed by atoms with E-state index in [-0.39, 0.29) is 24.3 Å². The summed E-state index contributed by atoms with van der Waals surface area (Å²) in [5.74, 6) is 2.05. The Balaban J connectivity index is 1.51. The highest BCUT2D eigenvalue weighted by Crippen LogP contribution is 2.26. The number of ether oxygens (including phenoxy) is 1. The lowest BCUT2D eigenvalue weighted by Crippen LogP contribution is -2.41. The van der Waals surface area contributed by atoms with E-state index < -0.39 is 0 Å². The zero-order valence-electron chi connectivity index (χ0n) is 14.5. The van der Waals surface area contributed by atoms with Crippen molar-refractivity contribution in [3.05, 3.63) is 53.9 Å². The number of nitrogens with zero attached hydrogens (tertiary/aromatic N) is 6. The van der Waals surface area contributed by atoms with Gasteiger partial charge in [-0.05, 0) is 19.9 Å². The Morgan fingerprint density at radius 1 is 1.31 bits per heavy atom. The molecule has 0 bridgehead atoms. The lowest BCUT2D eigenvalue weighted by Gasteiger charge is -2.33. The summed E-state index contributed by atoms with van der Waals surface area (Å²) in [5, 5.41) is 8.48. The number of oxazole rings is 1. The van der Waals surface area contributed by atoms with Crippen LogP contribution in [-0.2, 0) is 13.2 Å². The van der Waals surface area contributed by atoms with Crippen molar-refractivity contribution < 1.29 is 13.9 Å². The van der Waals surface area contributed by atoms with Crippen LogP contribution >= 0.6 is 0 Å². The quantitative estimate of drug-likeness (QED) is 0.704. The van der Waals surface area contributed by atoms with Gasteiger partial charge in [-0.2, -0.15) is 0 Å². The third-order valence-electron chi connectivity index (χ3n) is 4.45. The summed E-state index contributed by atoms with van der Waals surface area (Å²) in [6, 6.07) is 5.25. The molecule has 0 aromatic carbocycles. The van der Waals surface area contributed by atoms with E-state index in [2.05, 4.69) is 20.2 Å². The summed E-state index contributed by atoms with van der Waals surface area (Å²) in [6.45, 7) is 5.06. The number of aromatic nitrogens is 5. The number of hydrogen-bond donors (Lipinski definition) is 0. The van der Waals surface area contributed by atoms with Crippen LogP contribution in [0, 0.1) is 6.92 Å². The van der Waals surface area contributed by atoms with Crippen molar-refractivity contribution in [2.24, 2.45) is 0 Å². The first-order valence-electron chi connectivity index (χ1n) is 8.32. The Morgan fingerprint density at radius 2 is 2.19 bits per heavy atom. The van der Waals surface area contributed by atoms with Gasteiger partial charge in [0.1, 0.15) is 6.61 Å². The molecule has 1 aliphatic rings. The minimum atomic E-state index is -0.225. The Morgan fingerprint density at radius 3 is 2.92 bits per heavy atom. The van der Waals surface area contributed by atoms with Crippen molar-refractivity contribution >= 4 is 5.91 Å². The maximum absolute atomic E-state index is 12.7. The molecular weight excluding hydrogens is 336 g/mol. The van der Waals surface area contributed by atoms with E-state index in [1.54, 1.807) is 24.1 Å². The average Bonchev–Trinajstić information content (AvgIpc) is 3.27. The van der Waals surface area contributed by atoms with Gasteiger partial charge in [-0.15, -0.1) is 10.2 Å². The fraction of sp³-hybridized carbons (Fsp3) is 0.353. The topological polar surface area (TPSA) is 99.2 Å². The molecule has 134 valence electrons. The summed E-state index contributed by atoms with van der Waals surface area (Å²) >= 11 is 0. The van der Waals surface area contributed by atoms with Crippen LogP contribution in [0.25, 0.3) is 0 Å². The van der Waals surface area contributed by atoms with E-state index in [9.17, 15) is 4.79 Å². The molecule has 3 aromatic rings. The molecule has 0 spiro atoms. The normalized spacial score (nSPS) is 16.4. The van der Waals surface area contributed by atoms with Crippen LogP contribution in [0.2, 0.25) is 0 Å². The van der Waals surface area contributed by atoms with E-state index >= 15 is 0 Å². The average molecular weight is 354 g/mol. The zero-order valence-corrected chi connectivity index (χ0v) is 14.5. The van der Waals surface area contributed by atoms with Crippen LogP contribution in [0.3, 0.4) is 0 Å². The summed E-state index contributed by atoms with van der Waals surface area (Å²) in [5.41, 5.74) is 0.582. The molecule has 1 unspecified atom stereocenters. The number of hydrogen-bond acceptors (Lipinski definition) is 7. The van der Waals surface area contributed by atoms with Crippen LogP contribution in [-0.4, -0.2) is 42.1 Å². The second kappa shape index (κ2) is 6.58. The molecule has 3 aromatic heterocycles. The van der Waals surface area contributed by atoms with Crippen LogP contribution in [0.15, 0.2) is 35.2 Å². The molecule has 1 aliphatic heterocycles. The lowest BCUT2D eigenvalue weighted by atomic mass is 10.2. The fourth-order valence-electron chi connectivity index (χ4n) is 3.04. The number of aryl methyl sites for hydroxylation is 1. The van der Waals surface area contributed by atoms with Crippen LogP contribution in [0.5, 0.6) is 5.88 Å². The number of pyridine rings is 1. The van der Waals surface area contributed by atoms with Gasteiger partial charge >= 0.3 is 0 Å². The minimum absolute atomic E-state index is 0.187. The van der Waals surface area contributed by atoms with Crippen molar-refractivity contribution in [2.45, 2.75) is 33.0 Å². The molecule has 9 heteroatoms. The molecule has 26 heavy (non-hydrogen) atoms. The lowest BCUT2D eigenvalue weighted by molar-refractivity contribution is 0.0601. The van der Waals surface area contributed by atoms with Gasteiger partial charge in [0.2, 0.25) is 11.6 Å². The smallest absolute Gasteiger partial charge is 0.292 e. The maximum atomic E-state index is 12.7. The predicted octanol–water partition coefficient (Wildman–Crippen LogP) is 1.77. The van der Waals surface area contributed by atoms with Gasteiger partial charge in [-0.3, -0.25) is 4.79 Å². The molecule has 1 atom stereocenters. The van der Waals surface area contributed by atoms with Crippen LogP contribution in [0.1, 0.15) is 40.9 Å². The van der Waals surface area contributed by atoms with E-state index in [0.717, 1.165) is 5.82 Å². The fourth-order valence-corrected chi connectivity index (χ4v) is 3.04. The van der Waals surface area contributed by atoms with Gasteiger partial charge in [0.05, 0.1) is 11.7 Å². The van der Waals surface area contributed by atoms with Gasteiger partial charge in [-0.25, -0.2) is 9.97 Å². The van der Waals surface area contributed by atoms with E-state index in [4.69, 9.17) is 9.15 Å². The molecule has 0 saturated carbocycles. The second-order valence-corrected chi connectivity index (χ2v) is 6.02. The first-order valence-corrected chi connectivity index (χ1v) is 8.32. The van der Waals surface area contributed by atoms with Crippen molar-refractivity contribution in [1.29, 1.82) is 0 Å². The molecule has 0 aliphatic carbocycles. The van der Waals surface area contributed by atoms with E-state index in [0.29, 0.717) is 30.5 Å². The number of carbonyl (C=O) groups is 1. The summed E-state index contributed by atoms with van der Waals surface area (Å²) < 4.78 is 12.9. The maximum Gasteiger partial charge on any atom is 0.292 e. The highest BCUT2D eigenvalue weighted by atomic mass is 16.5. The first-order chi connectivity index (χ1) is 12.6. The third-order valence-corrected chi connectivity index (χ3v) is 4.45. The van der Waals surface area contributed by atoms with E-state index in [1.165, 1.54) is 6.39 Å². The molecule has 0 N–H and O–H groups in total.